The fourth-order valence-corrected chi connectivity index (χ4v) is 3.96. The minimum absolute atomic E-state index is 0.108. The Morgan fingerprint density at radius 3 is 3.00 bits per heavy atom. The summed E-state index contributed by atoms with van der Waals surface area (Å²) in [6, 6.07) is 1.53. The van der Waals surface area contributed by atoms with Gasteiger partial charge in [0.15, 0.2) is 0 Å². The average Bonchev–Trinajstić information content (AvgIpc) is 3.16. The largest absolute Gasteiger partial charge is 0.342 e. The first-order valence-corrected chi connectivity index (χ1v) is 9.51. The molecule has 1 aliphatic rings. The van der Waals surface area contributed by atoms with E-state index >= 15 is 0 Å². The monoisotopic (exact) mass is 381 g/mol. The van der Waals surface area contributed by atoms with E-state index < -0.39 is 0 Å². The van der Waals surface area contributed by atoms with Crippen LogP contribution >= 0.6 is 0 Å². The van der Waals surface area contributed by atoms with Crippen molar-refractivity contribution in [1.82, 2.24) is 34.4 Å². The molecule has 1 saturated heterocycles. The lowest BCUT2D eigenvalue weighted by Crippen LogP contribution is -2.39. The summed E-state index contributed by atoms with van der Waals surface area (Å²) in [5.41, 5.74) is 3.49. The Hall–Kier alpha value is -3.10. The fourth-order valence-electron chi connectivity index (χ4n) is 3.96. The number of nitrogens with one attached hydrogen (secondary N) is 1. The number of carbonyl (C=O) groups is 1. The second kappa shape index (κ2) is 7.49. The summed E-state index contributed by atoms with van der Waals surface area (Å²) < 4.78 is 1.71. The second-order valence-corrected chi connectivity index (χ2v) is 7.25. The molecule has 1 amide bonds. The topological polar surface area (TPSA) is 109 Å². The van der Waals surface area contributed by atoms with Gasteiger partial charge in [-0.05, 0) is 38.7 Å². The maximum absolute atomic E-state index is 12.8. The van der Waals surface area contributed by atoms with Crippen molar-refractivity contribution in [2.45, 2.75) is 45.4 Å². The number of fused-ring (bicyclic) bond motifs is 1. The highest BCUT2D eigenvalue weighted by Gasteiger charge is 2.26. The molecule has 9 heteroatoms. The van der Waals surface area contributed by atoms with E-state index in [1.807, 2.05) is 18.7 Å². The summed E-state index contributed by atoms with van der Waals surface area (Å²) in [5.74, 6) is 0.804. The van der Waals surface area contributed by atoms with Crippen LogP contribution < -0.4 is 5.56 Å². The van der Waals surface area contributed by atoms with Crippen LogP contribution in [0.3, 0.4) is 0 Å². The van der Waals surface area contributed by atoms with E-state index in [4.69, 9.17) is 0 Å². The predicted molar refractivity (Wildman–Crippen MR) is 102 cm³/mol. The Labute approximate surface area is 161 Å². The maximum Gasteiger partial charge on any atom is 0.252 e. The molecule has 1 aliphatic heterocycles. The number of amides is 1. The van der Waals surface area contributed by atoms with Crippen molar-refractivity contribution in [3.8, 4) is 0 Å². The van der Waals surface area contributed by atoms with Crippen LogP contribution in [0.1, 0.15) is 47.8 Å². The Balaban J connectivity index is 1.44. The average molecular weight is 381 g/mol. The summed E-state index contributed by atoms with van der Waals surface area (Å²) in [4.78, 5) is 41.7. The molecule has 146 valence electrons. The number of aryl methyl sites for hydroxylation is 2. The number of aromatic nitrogens is 6. The van der Waals surface area contributed by atoms with Gasteiger partial charge >= 0.3 is 0 Å². The van der Waals surface area contributed by atoms with Gasteiger partial charge in [0.05, 0.1) is 12.0 Å². The van der Waals surface area contributed by atoms with Gasteiger partial charge in [-0.15, -0.1) is 0 Å². The quantitative estimate of drug-likeness (QED) is 0.726. The van der Waals surface area contributed by atoms with Crippen LogP contribution in [0.2, 0.25) is 0 Å². The van der Waals surface area contributed by atoms with E-state index in [0.717, 1.165) is 42.0 Å². The molecule has 1 atom stereocenters. The molecule has 0 aromatic carbocycles. The van der Waals surface area contributed by atoms with Crippen molar-refractivity contribution >= 4 is 11.7 Å². The number of nitrogens with zero attached hydrogens (tertiary/aromatic N) is 6. The third kappa shape index (κ3) is 3.51. The number of hydrogen-bond donors (Lipinski definition) is 1. The van der Waals surface area contributed by atoms with Crippen LogP contribution in [-0.2, 0) is 11.2 Å². The van der Waals surface area contributed by atoms with E-state index in [-0.39, 0.29) is 17.4 Å². The number of hydrogen-bond acceptors (Lipinski definition) is 6. The molecule has 0 radical (unpaired) electrons. The van der Waals surface area contributed by atoms with Gasteiger partial charge in [-0.25, -0.2) is 14.5 Å². The number of likely N-dealkylation sites (tertiary alicyclic amines) is 1. The molecule has 3 aromatic heterocycles. The lowest BCUT2D eigenvalue weighted by atomic mass is 9.94. The van der Waals surface area contributed by atoms with Gasteiger partial charge in [-0.1, -0.05) is 0 Å². The fraction of sp³-hybridized carbons (Fsp3) is 0.474. The molecule has 0 bridgehead atoms. The molecule has 1 N–H and O–H groups in total. The summed E-state index contributed by atoms with van der Waals surface area (Å²) >= 11 is 0. The van der Waals surface area contributed by atoms with Crippen molar-refractivity contribution in [3.63, 3.8) is 0 Å². The molecule has 4 heterocycles. The smallest absolute Gasteiger partial charge is 0.252 e. The summed E-state index contributed by atoms with van der Waals surface area (Å²) in [6.07, 6.45) is 5.79. The van der Waals surface area contributed by atoms with Crippen molar-refractivity contribution in [2.24, 2.45) is 0 Å². The van der Waals surface area contributed by atoms with Crippen LogP contribution in [0.25, 0.3) is 5.78 Å². The van der Waals surface area contributed by atoms with Gasteiger partial charge in [0.1, 0.15) is 6.33 Å². The Bertz CT molecular complexity index is 1070. The van der Waals surface area contributed by atoms with Gasteiger partial charge in [-0.3, -0.25) is 9.59 Å². The maximum atomic E-state index is 12.8. The first-order chi connectivity index (χ1) is 13.5. The van der Waals surface area contributed by atoms with E-state index in [9.17, 15) is 9.59 Å². The lowest BCUT2D eigenvalue weighted by molar-refractivity contribution is -0.132. The van der Waals surface area contributed by atoms with Crippen LogP contribution in [0.15, 0.2) is 23.5 Å². The molecule has 1 unspecified atom stereocenters. The van der Waals surface area contributed by atoms with E-state index in [1.165, 1.54) is 18.7 Å². The SMILES string of the molecule is Cc1nc2ncnn2c(C)c1CCC(=O)N1CCCC(c2cc(=O)[nH]cn2)C1. The first-order valence-electron chi connectivity index (χ1n) is 9.51. The minimum atomic E-state index is -0.157. The highest BCUT2D eigenvalue weighted by atomic mass is 16.2. The number of carbonyl (C=O) groups excluding carboxylic acids is 1. The molecule has 9 nitrogen and oxygen atoms in total. The zero-order chi connectivity index (χ0) is 19.7. The second-order valence-electron chi connectivity index (χ2n) is 7.25. The predicted octanol–water partition coefficient (Wildman–Crippen LogP) is 1.16. The van der Waals surface area contributed by atoms with Gasteiger partial charge in [-0.2, -0.15) is 10.1 Å². The Kier molecular flexibility index (Phi) is 4.89. The first kappa shape index (κ1) is 18.3. The van der Waals surface area contributed by atoms with Crippen molar-refractivity contribution in [1.29, 1.82) is 0 Å². The van der Waals surface area contributed by atoms with Gasteiger partial charge in [0.25, 0.3) is 11.3 Å². The van der Waals surface area contributed by atoms with Gasteiger partial charge < -0.3 is 9.88 Å². The molecule has 1 fully saturated rings. The molecule has 0 spiro atoms. The van der Waals surface area contributed by atoms with E-state index in [1.54, 1.807) is 4.52 Å². The molecular formula is C19H23N7O2. The van der Waals surface area contributed by atoms with Gasteiger partial charge in [0.2, 0.25) is 5.91 Å². The van der Waals surface area contributed by atoms with Crippen LogP contribution in [0.5, 0.6) is 0 Å². The highest BCUT2D eigenvalue weighted by molar-refractivity contribution is 5.76. The summed E-state index contributed by atoms with van der Waals surface area (Å²) in [5, 5.41) is 4.20. The molecule has 3 aromatic rings. The molecule has 0 saturated carbocycles. The highest BCUT2D eigenvalue weighted by Crippen LogP contribution is 2.25. The minimum Gasteiger partial charge on any atom is -0.342 e. The number of piperidine rings is 1. The number of H-pyrrole nitrogens is 1. The van der Waals surface area contributed by atoms with Crippen molar-refractivity contribution < 1.29 is 4.79 Å². The Morgan fingerprint density at radius 2 is 2.18 bits per heavy atom. The van der Waals surface area contributed by atoms with Crippen LogP contribution in [0.4, 0.5) is 0 Å². The number of rotatable bonds is 4. The summed E-state index contributed by atoms with van der Waals surface area (Å²) in [7, 11) is 0. The van der Waals surface area contributed by atoms with E-state index in [0.29, 0.717) is 25.2 Å². The summed E-state index contributed by atoms with van der Waals surface area (Å²) in [6.45, 7) is 5.27. The van der Waals surface area contributed by atoms with Gasteiger partial charge in [0, 0.05) is 42.9 Å². The molecule has 4 rings (SSSR count). The zero-order valence-electron chi connectivity index (χ0n) is 16.1. The lowest BCUT2D eigenvalue weighted by Gasteiger charge is -2.32. The third-order valence-electron chi connectivity index (χ3n) is 5.47. The third-order valence-corrected chi connectivity index (χ3v) is 5.47. The van der Waals surface area contributed by atoms with Crippen molar-refractivity contribution in [2.75, 3.05) is 13.1 Å². The molecule has 28 heavy (non-hydrogen) atoms. The number of aromatic amines is 1. The standard InChI is InChI=1S/C19H23N7O2/c1-12-15(13(2)26-19(24-12)22-11-23-26)5-6-18(28)25-7-3-4-14(9-25)16-8-17(27)21-10-20-16/h8,10-11,14H,3-7,9H2,1-2H3,(H,20,21,27). The van der Waals surface area contributed by atoms with Crippen LogP contribution in [0, 0.1) is 13.8 Å². The van der Waals surface area contributed by atoms with Crippen LogP contribution in [-0.4, -0.2) is 53.4 Å². The normalized spacial score (nSPS) is 17.2. The Morgan fingerprint density at radius 1 is 1.32 bits per heavy atom. The molecular weight excluding hydrogens is 358 g/mol. The van der Waals surface area contributed by atoms with Crippen molar-refractivity contribution in [3.05, 3.63) is 51.7 Å². The zero-order valence-corrected chi connectivity index (χ0v) is 16.1. The molecule has 0 aliphatic carbocycles. The van der Waals surface area contributed by atoms with E-state index in [2.05, 4.69) is 25.0 Å².